The number of nitrogens with zero attached hydrogens (tertiary/aromatic N) is 1. The zero-order valence-electron chi connectivity index (χ0n) is 14.6. The number of hydrogen-bond acceptors (Lipinski definition) is 6. The lowest BCUT2D eigenvalue weighted by atomic mass is 9.90. The first-order chi connectivity index (χ1) is 12.3. The number of thiazole rings is 1. The van der Waals surface area contributed by atoms with E-state index in [2.05, 4.69) is 10.3 Å². The van der Waals surface area contributed by atoms with E-state index in [9.17, 15) is 9.59 Å². The Morgan fingerprint density at radius 1 is 1.31 bits per heavy atom. The lowest BCUT2D eigenvalue weighted by Gasteiger charge is -2.18. The van der Waals surface area contributed by atoms with Gasteiger partial charge < -0.3 is 19.9 Å². The Morgan fingerprint density at radius 2 is 2.08 bits per heavy atom. The van der Waals surface area contributed by atoms with Gasteiger partial charge in [-0.05, 0) is 38.5 Å². The van der Waals surface area contributed by atoms with Gasteiger partial charge in [0, 0.05) is 17.5 Å². The standard InChI is InChI=1S/C18H20N2O5S/c1-18(2,17(22)23)5-6-19-15(21)8-12-9-26-16(20-12)11-3-4-13-14(7-11)25-10-24-13/h3-4,7,9H,5-6,8,10H2,1-2H3,(H,19,21)(H,22,23). The third kappa shape index (κ3) is 4.13. The zero-order chi connectivity index (χ0) is 18.7. The Hall–Kier alpha value is -2.61. The van der Waals surface area contributed by atoms with Gasteiger partial charge in [-0.3, -0.25) is 9.59 Å². The fourth-order valence-electron chi connectivity index (χ4n) is 2.40. The number of fused-ring (bicyclic) bond motifs is 1. The van der Waals surface area contributed by atoms with Crippen LogP contribution in [-0.2, 0) is 16.0 Å². The van der Waals surface area contributed by atoms with Crippen molar-refractivity contribution in [1.29, 1.82) is 0 Å². The quantitative estimate of drug-likeness (QED) is 0.771. The van der Waals surface area contributed by atoms with E-state index >= 15 is 0 Å². The van der Waals surface area contributed by atoms with Gasteiger partial charge in [-0.1, -0.05) is 0 Å². The fourth-order valence-corrected chi connectivity index (χ4v) is 3.22. The third-order valence-corrected chi connectivity index (χ3v) is 5.10. The van der Waals surface area contributed by atoms with Crippen molar-refractivity contribution in [1.82, 2.24) is 10.3 Å². The molecule has 1 amide bonds. The molecular formula is C18H20N2O5S. The highest BCUT2D eigenvalue weighted by Crippen LogP contribution is 2.36. The Labute approximate surface area is 155 Å². The van der Waals surface area contributed by atoms with Crippen molar-refractivity contribution in [2.24, 2.45) is 5.41 Å². The summed E-state index contributed by atoms with van der Waals surface area (Å²) in [6, 6.07) is 5.62. The number of aliphatic carboxylic acids is 1. The molecule has 26 heavy (non-hydrogen) atoms. The lowest BCUT2D eigenvalue weighted by molar-refractivity contribution is -0.147. The van der Waals surface area contributed by atoms with Crippen molar-refractivity contribution >= 4 is 23.2 Å². The Morgan fingerprint density at radius 3 is 2.85 bits per heavy atom. The maximum absolute atomic E-state index is 12.0. The minimum absolute atomic E-state index is 0.161. The molecule has 2 heterocycles. The van der Waals surface area contributed by atoms with Crippen LogP contribution >= 0.6 is 11.3 Å². The molecule has 138 valence electrons. The van der Waals surface area contributed by atoms with E-state index in [-0.39, 0.29) is 19.1 Å². The molecule has 0 aliphatic carbocycles. The number of amides is 1. The second-order valence-electron chi connectivity index (χ2n) is 6.68. The summed E-state index contributed by atoms with van der Waals surface area (Å²) in [6.45, 7) is 3.82. The van der Waals surface area contributed by atoms with Crippen LogP contribution in [0, 0.1) is 5.41 Å². The molecule has 2 aromatic rings. The van der Waals surface area contributed by atoms with Crippen LogP contribution < -0.4 is 14.8 Å². The molecule has 1 aliphatic heterocycles. The van der Waals surface area contributed by atoms with Crippen LogP contribution in [0.1, 0.15) is 26.0 Å². The summed E-state index contributed by atoms with van der Waals surface area (Å²) >= 11 is 1.46. The smallest absolute Gasteiger partial charge is 0.309 e. The highest BCUT2D eigenvalue weighted by molar-refractivity contribution is 7.13. The maximum atomic E-state index is 12.0. The molecule has 1 aliphatic rings. The first-order valence-electron chi connectivity index (χ1n) is 8.20. The summed E-state index contributed by atoms with van der Waals surface area (Å²) in [6.07, 6.45) is 0.530. The van der Waals surface area contributed by atoms with Crippen LogP contribution in [0.15, 0.2) is 23.6 Å². The molecule has 0 bridgehead atoms. The van der Waals surface area contributed by atoms with Crippen LogP contribution in [0.3, 0.4) is 0 Å². The van der Waals surface area contributed by atoms with Gasteiger partial charge in [-0.2, -0.15) is 0 Å². The van der Waals surface area contributed by atoms with Crippen molar-refractivity contribution in [3.05, 3.63) is 29.3 Å². The number of carboxylic acid groups (broad SMARTS) is 1. The Balaban J connectivity index is 1.55. The van der Waals surface area contributed by atoms with Gasteiger partial charge in [0.15, 0.2) is 11.5 Å². The molecule has 1 aromatic heterocycles. The molecule has 0 radical (unpaired) electrons. The highest BCUT2D eigenvalue weighted by atomic mass is 32.1. The highest BCUT2D eigenvalue weighted by Gasteiger charge is 2.26. The molecule has 0 fully saturated rings. The van der Waals surface area contributed by atoms with Crippen LogP contribution in [0.5, 0.6) is 11.5 Å². The molecule has 1 aromatic carbocycles. The summed E-state index contributed by atoms with van der Waals surface area (Å²) in [4.78, 5) is 27.6. The van der Waals surface area contributed by atoms with Crippen molar-refractivity contribution in [2.75, 3.05) is 13.3 Å². The van der Waals surface area contributed by atoms with Gasteiger partial charge in [0.25, 0.3) is 0 Å². The van der Waals surface area contributed by atoms with Crippen LogP contribution in [0.2, 0.25) is 0 Å². The second kappa shape index (κ2) is 7.33. The molecule has 0 spiro atoms. The molecule has 0 atom stereocenters. The van der Waals surface area contributed by atoms with Crippen molar-refractivity contribution in [2.45, 2.75) is 26.7 Å². The number of rotatable bonds is 7. The second-order valence-corrected chi connectivity index (χ2v) is 7.54. The van der Waals surface area contributed by atoms with Gasteiger partial charge in [0.05, 0.1) is 17.5 Å². The van der Waals surface area contributed by atoms with E-state index in [4.69, 9.17) is 14.6 Å². The molecule has 0 saturated carbocycles. The normalized spacial score (nSPS) is 12.8. The number of aromatic nitrogens is 1. The molecular weight excluding hydrogens is 356 g/mol. The summed E-state index contributed by atoms with van der Waals surface area (Å²) < 4.78 is 10.7. The molecule has 7 nitrogen and oxygen atoms in total. The molecule has 0 saturated heterocycles. The van der Waals surface area contributed by atoms with Gasteiger partial charge in [-0.15, -0.1) is 11.3 Å². The van der Waals surface area contributed by atoms with E-state index in [0.717, 1.165) is 10.6 Å². The number of nitrogens with one attached hydrogen (secondary N) is 1. The van der Waals surface area contributed by atoms with Crippen molar-refractivity contribution < 1.29 is 24.2 Å². The molecule has 3 rings (SSSR count). The van der Waals surface area contributed by atoms with Crippen LogP contribution in [0.25, 0.3) is 10.6 Å². The molecule has 2 N–H and O–H groups in total. The number of carbonyl (C=O) groups excluding carboxylic acids is 1. The zero-order valence-corrected chi connectivity index (χ0v) is 15.4. The Bertz CT molecular complexity index is 831. The van der Waals surface area contributed by atoms with E-state index in [1.165, 1.54) is 11.3 Å². The van der Waals surface area contributed by atoms with Crippen LogP contribution in [0.4, 0.5) is 0 Å². The predicted octanol–water partition coefficient (Wildman–Crippen LogP) is 2.70. The topological polar surface area (TPSA) is 97.8 Å². The minimum Gasteiger partial charge on any atom is -0.481 e. The summed E-state index contributed by atoms with van der Waals surface area (Å²) in [5.74, 6) is 0.362. The first kappa shape index (κ1) is 18.2. The average Bonchev–Trinajstić information content (AvgIpc) is 3.22. The van der Waals surface area contributed by atoms with Gasteiger partial charge >= 0.3 is 5.97 Å². The van der Waals surface area contributed by atoms with Gasteiger partial charge in [0.1, 0.15) is 5.01 Å². The lowest BCUT2D eigenvalue weighted by Crippen LogP contribution is -2.32. The summed E-state index contributed by atoms with van der Waals surface area (Å²) in [5.41, 5.74) is 0.729. The van der Waals surface area contributed by atoms with Crippen molar-refractivity contribution in [3.63, 3.8) is 0 Å². The molecule has 0 unspecified atom stereocenters. The van der Waals surface area contributed by atoms with Crippen molar-refractivity contribution in [3.8, 4) is 22.1 Å². The average molecular weight is 376 g/mol. The summed E-state index contributed by atoms with van der Waals surface area (Å²) in [5, 5.41) is 14.5. The number of hydrogen-bond donors (Lipinski definition) is 2. The first-order valence-corrected chi connectivity index (χ1v) is 9.08. The monoisotopic (exact) mass is 376 g/mol. The van der Waals surface area contributed by atoms with Gasteiger partial charge in [0.2, 0.25) is 12.7 Å². The third-order valence-electron chi connectivity index (χ3n) is 4.16. The largest absolute Gasteiger partial charge is 0.481 e. The van der Waals surface area contributed by atoms with Gasteiger partial charge in [-0.25, -0.2) is 4.98 Å². The van der Waals surface area contributed by atoms with E-state index in [1.54, 1.807) is 13.8 Å². The SMILES string of the molecule is CC(C)(CCNC(=O)Cc1csc(-c2ccc3c(c2)OCO3)n1)C(=O)O. The van der Waals surface area contributed by atoms with E-state index < -0.39 is 11.4 Å². The minimum atomic E-state index is -0.875. The maximum Gasteiger partial charge on any atom is 0.309 e. The van der Waals surface area contributed by atoms with Crippen LogP contribution in [-0.4, -0.2) is 35.3 Å². The molecule has 8 heteroatoms. The predicted molar refractivity (Wildman–Crippen MR) is 96.4 cm³/mol. The number of benzene rings is 1. The Kier molecular flexibility index (Phi) is 5.13. The van der Waals surface area contributed by atoms with E-state index in [1.807, 2.05) is 23.6 Å². The number of carbonyl (C=O) groups is 2. The fraction of sp³-hybridized carbons (Fsp3) is 0.389. The van der Waals surface area contributed by atoms with E-state index in [0.29, 0.717) is 30.2 Å². The summed E-state index contributed by atoms with van der Waals surface area (Å²) in [7, 11) is 0. The number of ether oxygens (including phenoxy) is 2. The number of carboxylic acids is 1.